The van der Waals surface area contributed by atoms with Crippen molar-refractivity contribution in [2.24, 2.45) is 0 Å². The molecule has 1 saturated heterocycles. The SMILES string of the molecule is COc1cc(N)cc(CN2CCCC2c2ccncc2)c1. The Balaban J connectivity index is 1.79. The molecule has 2 heterocycles. The Labute approximate surface area is 125 Å². The van der Waals surface area contributed by atoms with Gasteiger partial charge in [-0.1, -0.05) is 0 Å². The summed E-state index contributed by atoms with van der Waals surface area (Å²) in [4.78, 5) is 6.61. The Bertz CT molecular complexity index is 600. The molecule has 4 heteroatoms. The van der Waals surface area contributed by atoms with Crippen LogP contribution in [0.25, 0.3) is 0 Å². The van der Waals surface area contributed by atoms with Gasteiger partial charge in [-0.3, -0.25) is 9.88 Å². The molecule has 0 spiro atoms. The highest BCUT2D eigenvalue weighted by molar-refractivity contribution is 5.47. The fourth-order valence-electron chi connectivity index (χ4n) is 3.11. The van der Waals surface area contributed by atoms with Gasteiger partial charge >= 0.3 is 0 Å². The quantitative estimate of drug-likeness (QED) is 0.876. The number of likely N-dealkylation sites (tertiary alicyclic amines) is 1. The second-order valence-corrected chi connectivity index (χ2v) is 5.52. The highest BCUT2D eigenvalue weighted by Gasteiger charge is 2.25. The van der Waals surface area contributed by atoms with Crippen molar-refractivity contribution in [2.45, 2.75) is 25.4 Å². The van der Waals surface area contributed by atoms with E-state index >= 15 is 0 Å². The topological polar surface area (TPSA) is 51.4 Å². The lowest BCUT2D eigenvalue weighted by atomic mass is 10.1. The Kier molecular flexibility index (Phi) is 4.06. The number of pyridine rings is 1. The summed E-state index contributed by atoms with van der Waals surface area (Å²) in [6.07, 6.45) is 6.17. The fourth-order valence-corrected chi connectivity index (χ4v) is 3.11. The lowest BCUT2D eigenvalue weighted by molar-refractivity contribution is 0.248. The summed E-state index contributed by atoms with van der Waals surface area (Å²) < 4.78 is 5.30. The van der Waals surface area contributed by atoms with Gasteiger partial charge in [-0.25, -0.2) is 0 Å². The first-order valence-corrected chi connectivity index (χ1v) is 7.33. The van der Waals surface area contributed by atoms with Crippen molar-refractivity contribution in [3.05, 3.63) is 53.9 Å². The van der Waals surface area contributed by atoms with Crippen LogP contribution in [0.5, 0.6) is 5.75 Å². The van der Waals surface area contributed by atoms with Crippen LogP contribution in [0.3, 0.4) is 0 Å². The number of benzene rings is 1. The van der Waals surface area contributed by atoms with E-state index in [1.165, 1.54) is 24.0 Å². The third-order valence-electron chi connectivity index (χ3n) is 4.06. The standard InChI is InChI=1S/C17H21N3O/c1-21-16-10-13(9-15(18)11-16)12-20-8-2-3-17(20)14-4-6-19-7-5-14/h4-7,9-11,17H,2-3,8,12,18H2,1H3. The fraction of sp³-hybridized carbons (Fsp3) is 0.353. The minimum Gasteiger partial charge on any atom is -0.497 e. The maximum absolute atomic E-state index is 5.95. The smallest absolute Gasteiger partial charge is 0.121 e. The van der Waals surface area contributed by atoms with Crippen molar-refractivity contribution < 1.29 is 4.74 Å². The van der Waals surface area contributed by atoms with Crippen LogP contribution in [-0.2, 0) is 6.54 Å². The number of rotatable bonds is 4. The van der Waals surface area contributed by atoms with E-state index in [-0.39, 0.29) is 0 Å². The molecular formula is C17H21N3O. The lowest BCUT2D eigenvalue weighted by Crippen LogP contribution is -2.22. The molecule has 1 aromatic heterocycles. The number of methoxy groups -OCH3 is 1. The van der Waals surface area contributed by atoms with Crippen molar-refractivity contribution in [1.29, 1.82) is 0 Å². The van der Waals surface area contributed by atoms with E-state index in [9.17, 15) is 0 Å². The highest BCUT2D eigenvalue weighted by atomic mass is 16.5. The maximum Gasteiger partial charge on any atom is 0.121 e. The molecule has 0 aliphatic carbocycles. The minimum atomic E-state index is 0.473. The first kappa shape index (κ1) is 13.9. The van der Waals surface area contributed by atoms with Crippen molar-refractivity contribution in [3.8, 4) is 5.75 Å². The van der Waals surface area contributed by atoms with Crippen molar-refractivity contribution in [3.63, 3.8) is 0 Å². The monoisotopic (exact) mass is 283 g/mol. The number of aromatic nitrogens is 1. The van der Waals surface area contributed by atoms with E-state index in [4.69, 9.17) is 10.5 Å². The van der Waals surface area contributed by atoms with Gasteiger partial charge in [-0.15, -0.1) is 0 Å². The molecular weight excluding hydrogens is 262 g/mol. The summed E-state index contributed by atoms with van der Waals surface area (Å²) in [5.41, 5.74) is 9.25. The van der Waals surface area contributed by atoms with Crippen LogP contribution < -0.4 is 10.5 Å². The zero-order valence-corrected chi connectivity index (χ0v) is 12.3. The van der Waals surface area contributed by atoms with E-state index in [0.717, 1.165) is 24.5 Å². The first-order valence-electron chi connectivity index (χ1n) is 7.33. The molecule has 4 nitrogen and oxygen atoms in total. The van der Waals surface area contributed by atoms with Crippen LogP contribution in [0.1, 0.15) is 30.0 Å². The zero-order valence-electron chi connectivity index (χ0n) is 12.3. The molecule has 2 N–H and O–H groups in total. The predicted molar refractivity (Wildman–Crippen MR) is 84.0 cm³/mol. The van der Waals surface area contributed by atoms with E-state index in [1.807, 2.05) is 24.5 Å². The van der Waals surface area contributed by atoms with Gasteiger partial charge in [0.2, 0.25) is 0 Å². The van der Waals surface area contributed by atoms with Crippen LogP contribution in [-0.4, -0.2) is 23.5 Å². The summed E-state index contributed by atoms with van der Waals surface area (Å²) in [5.74, 6) is 0.824. The number of nitrogen functional groups attached to an aromatic ring is 1. The van der Waals surface area contributed by atoms with Crippen LogP contribution in [0.2, 0.25) is 0 Å². The summed E-state index contributed by atoms with van der Waals surface area (Å²) >= 11 is 0. The number of nitrogens with zero attached hydrogens (tertiary/aromatic N) is 2. The van der Waals surface area contributed by atoms with Crippen LogP contribution in [0, 0.1) is 0 Å². The molecule has 21 heavy (non-hydrogen) atoms. The molecule has 0 radical (unpaired) electrons. The summed E-state index contributed by atoms with van der Waals surface area (Å²) in [5, 5.41) is 0. The molecule has 1 atom stereocenters. The molecule has 0 amide bonds. The van der Waals surface area contributed by atoms with Crippen molar-refractivity contribution in [1.82, 2.24) is 9.88 Å². The Morgan fingerprint density at radius 1 is 1.29 bits per heavy atom. The number of hydrogen-bond donors (Lipinski definition) is 1. The molecule has 0 saturated carbocycles. The molecule has 110 valence electrons. The van der Waals surface area contributed by atoms with Gasteiger partial charge in [0.05, 0.1) is 7.11 Å². The van der Waals surface area contributed by atoms with Crippen LogP contribution in [0.4, 0.5) is 5.69 Å². The third kappa shape index (κ3) is 3.16. The zero-order chi connectivity index (χ0) is 14.7. The molecule has 1 unspecified atom stereocenters. The Morgan fingerprint density at radius 2 is 2.10 bits per heavy atom. The Morgan fingerprint density at radius 3 is 2.86 bits per heavy atom. The molecule has 1 aliphatic rings. The van der Waals surface area contributed by atoms with Gasteiger partial charge in [0.1, 0.15) is 5.75 Å². The average Bonchev–Trinajstić information content (AvgIpc) is 2.95. The largest absolute Gasteiger partial charge is 0.497 e. The van der Waals surface area contributed by atoms with E-state index in [0.29, 0.717) is 6.04 Å². The van der Waals surface area contributed by atoms with Gasteiger partial charge in [-0.2, -0.15) is 0 Å². The minimum absolute atomic E-state index is 0.473. The molecule has 1 aliphatic heterocycles. The van der Waals surface area contributed by atoms with Crippen molar-refractivity contribution >= 4 is 5.69 Å². The molecule has 1 aromatic carbocycles. The summed E-state index contributed by atoms with van der Waals surface area (Å²) in [7, 11) is 1.67. The van der Waals surface area contributed by atoms with Gasteiger partial charge in [0.25, 0.3) is 0 Å². The molecule has 0 bridgehead atoms. The number of anilines is 1. The number of ether oxygens (including phenoxy) is 1. The van der Waals surface area contributed by atoms with Gasteiger partial charge in [-0.05, 0) is 54.8 Å². The second kappa shape index (κ2) is 6.14. The van der Waals surface area contributed by atoms with E-state index < -0.39 is 0 Å². The average molecular weight is 283 g/mol. The highest BCUT2D eigenvalue weighted by Crippen LogP contribution is 2.33. The predicted octanol–water partition coefficient (Wildman–Crippen LogP) is 3.01. The number of nitrogens with two attached hydrogens (primary N) is 1. The molecule has 2 aromatic rings. The summed E-state index contributed by atoms with van der Waals surface area (Å²) in [6, 6.07) is 10.7. The lowest BCUT2D eigenvalue weighted by Gasteiger charge is -2.25. The van der Waals surface area contributed by atoms with E-state index in [1.54, 1.807) is 7.11 Å². The van der Waals surface area contributed by atoms with Gasteiger partial charge in [0, 0.05) is 36.7 Å². The van der Waals surface area contributed by atoms with Crippen LogP contribution in [0.15, 0.2) is 42.7 Å². The summed E-state index contributed by atoms with van der Waals surface area (Å²) in [6.45, 7) is 2.01. The van der Waals surface area contributed by atoms with Gasteiger partial charge < -0.3 is 10.5 Å². The Hall–Kier alpha value is -2.07. The maximum atomic E-state index is 5.95. The van der Waals surface area contributed by atoms with Crippen LogP contribution >= 0.6 is 0 Å². The second-order valence-electron chi connectivity index (χ2n) is 5.52. The van der Waals surface area contributed by atoms with E-state index in [2.05, 4.69) is 28.1 Å². The molecule has 3 rings (SSSR count). The normalized spacial score (nSPS) is 18.8. The molecule has 1 fully saturated rings. The number of hydrogen-bond acceptors (Lipinski definition) is 4. The first-order chi connectivity index (χ1) is 10.3. The third-order valence-corrected chi connectivity index (χ3v) is 4.06. The van der Waals surface area contributed by atoms with Crippen molar-refractivity contribution in [2.75, 3.05) is 19.4 Å². The van der Waals surface area contributed by atoms with Gasteiger partial charge in [0.15, 0.2) is 0 Å².